The highest BCUT2D eigenvalue weighted by Gasteiger charge is 1.98. The van der Waals surface area contributed by atoms with E-state index in [1.165, 1.54) is 0 Å². The molecule has 0 bridgehead atoms. The molecule has 0 aliphatic rings. The number of nitrogens with zero attached hydrogens (tertiary/aromatic N) is 2. The van der Waals surface area contributed by atoms with Crippen molar-refractivity contribution < 1.29 is 4.63 Å². The van der Waals surface area contributed by atoms with Crippen LogP contribution < -0.4 is 0 Å². The molecule has 0 spiro atoms. The first kappa shape index (κ1) is 5.30. The lowest BCUT2D eigenvalue weighted by Crippen LogP contribution is -1.63. The van der Waals surface area contributed by atoms with E-state index in [2.05, 4.69) is 14.9 Å². The minimum absolute atomic E-state index is 0.320. The zero-order valence-electron chi connectivity index (χ0n) is 3.06. The summed E-state index contributed by atoms with van der Waals surface area (Å²) in [4.78, 5) is 0. The van der Waals surface area contributed by atoms with Gasteiger partial charge in [-0.1, -0.05) is 11.6 Å². The molecular weight excluding hydrogens is 230 g/mol. The van der Waals surface area contributed by atoms with Crippen molar-refractivity contribution in [1.82, 2.24) is 10.3 Å². The molecule has 1 aromatic rings. The Kier molecular flexibility index (Phi) is 1.48. The molecule has 0 aliphatic heterocycles. The van der Waals surface area contributed by atoms with Gasteiger partial charge in [0.05, 0.1) is 0 Å². The van der Waals surface area contributed by atoms with E-state index in [4.69, 9.17) is 11.6 Å². The van der Waals surface area contributed by atoms with Crippen LogP contribution >= 0.6 is 34.2 Å². The summed E-state index contributed by atoms with van der Waals surface area (Å²) in [5.74, 6) is 0. The third-order valence-corrected chi connectivity index (χ3v) is 1.69. The summed E-state index contributed by atoms with van der Waals surface area (Å²) >= 11 is 7.27. The Bertz CT molecular complexity index is 148. The molecule has 0 atom stereocenters. The van der Waals surface area contributed by atoms with Crippen LogP contribution in [0.1, 0.15) is 0 Å². The lowest BCUT2D eigenvalue weighted by atomic mass is 11.0. The van der Waals surface area contributed by atoms with Crippen LogP contribution in [-0.4, -0.2) is 10.3 Å². The first-order valence-corrected chi connectivity index (χ1v) is 2.90. The number of rotatable bonds is 0. The Morgan fingerprint density at radius 2 is 2.29 bits per heavy atom. The fraction of sp³-hybridized carbons (Fsp3) is 0. The van der Waals surface area contributed by atoms with E-state index in [9.17, 15) is 0 Å². The number of halogens is 2. The van der Waals surface area contributed by atoms with Crippen LogP contribution in [0.15, 0.2) is 4.63 Å². The Balaban J connectivity index is 3.12. The van der Waals surface area contributed by atoms with E-state index in [0.717, 1.165) is 0 Å². The molecule has 0 fully saturated rings. The molecule has 0 amide bonds. The monoisotopic (exact) mass is 230 g/mol. The fourth-order valence-electron chi connectivity index (χ4n) is 0.167. The van der Waals surface area contributed by atoms with Crippen LogP contribution in [0.4, 0.5) is 0 Å². The van der Waals surface area contributed by atoms with Gasteiger partial charge in [0.25, 0.3) is 0 Å². The number of aromatic nitrogens is 2. The number of hydrogen-bond donors (Lipinski definition) is 0. The van der Waals surface area contributed by atoms with Crippen LogP contribution in [0.3, 0.4) is 0 Å². The molecule has 7 heavy (non-hydrogen) atoms. The largest absolute Gasteiger partial charge is 0.242 e. The molecule has 0 saturated heterocycles. The third-order valence-electron chi connectivity index (χ3n) is 0.412. The standard InChI is InChI=1S/C2ClIN2O/c3-1-2(4)6-7-5-1. The Hall–Kier alpha value is 0.160. The Labute approximate surface area is 58.1 Å². The summed E-state index contributed by atoms with van der Waals surface area (Å²) in [5, 5.41) is 6.99. The van der Waals surface area contributed by atoms with Gasteiger partial charge in [-0.15, -0.1) is 0 Å². The lowest BCUT2D eigenvalue weighted by Gasteiger charge is -1.65. The molecule has 0 N–H and O–H groups in total. The van der Waals surface area contributed by atoms with E-state index in [1.807, 2.05) is 22.6 Å². The maximum absolute atomic E-state index is 5.35. The zero-order chi connectivity index (χ0) is 5.28. The molecule has 1 aromatic heterocycles. The van der Waals surface area contributed by atoms with Crippen molar-refractivity contribution in [3.8, 4) is 0 Å². The molecule has 0 unspecified atom stereocenters. The van der Waals surface area contributed by atoms with Crippen molar-refractivity contribution >= 4 is 34.2 Å². The molecule has 1 rings (SSSR count). The lowest BCUT2D eigenvalue weighted by molar-refractivity contribution is 0.304. The van der Waals surface area contributed by atoms with E-state index >= 15 is 0 Å². The van der Waals surface area contributed by atoms with E-state index < -0.39 is 0 Å². The van der Waals surface area contributed by atoms with Crippen LogP contribution in [-0.2, 0) is 0 Å². The molecule has 0 aliphatic carbocycles. The first-order valence-electron chi connectivity index (χ1n) is 1.44. The van der Waals surface area contributed by atoms with Gasteiger partial charge in [-0.2, -0.15) is 0 Å². The summed E-state index contributed by atoms with van der Waals surface area (Å²) in [5.41, 5.74) is 0. The second-order valence-electron chi connectivity index (χ2n) is 0.846. The minimum Gasteiger partial charge on any atom is -0.242 e. The van der Waals surface area contributed by atoms with E-state index in [0.29, 0.717) is 8.85 Å². The average molecular weight is 230 g/mol. The molecule has 3 nitrogen and oxygen atoms in total. The van der Waals surface area contributed by atoms with Crippen LogP contribution in [0.25, 0.3) is 0 Å². The van der Waals surface area contributed by atoms with Crippen LogP contribution in [0, 0.1) is 3.70 Å². The fourth-order valence-corrected chi connectivity index (χ4v) is 0.419. The van der Waals surface area contributed by atoms with Gasteiger partial charge >= 0.3 is 0 Å². The highest BCUT2D eigenvalue weighted by atomic mass is 127. The first-order chi connectivity index (χ1) is 3.30. The third kappa shape index (κ3) is 1.03. The molecule has 0 radical (unpaired) electrons. The van der Waals surface area contributed by atoms with Crippen LogP contribution in [0.2, 0.25) is 5.15 Å². The quantitative estimate of drug-likeness (QED) is 0.631. The average Bonchev–Trinajstić information content (AvgIpc) is 1.91. The predicted molar refractivity (Wildman–Crippen MR) is 32.0 cm³/mol. The summed E-state index contributed by atoms with van der Waals surface area (Å²) in [6.45, 7) is 0. The molecular formula is C2ClIN2O. The minimum atomic E-state index is 0.320. The zero-order valence-corrected chi connectivity index (χ0v) is 5.97. The highest BCUT2D eigenvalue weighted by molar-refractivity contribution is 14.1. The van der Waals surface area contributed by atoms with Gasteiger partial charge in [-0.05, 0) is 32.9 Å². The van der Waals surface area contributed by atoms with Crippen molar-refractivity contribution in [2.45, 2.75) is 0 Å². The van der Waals surface area contributed by atoms with Gasteiger partial charge in [0.2, 0.25) is 5.15 Å². The molecule has 0 aromatic carbocycles. The topological polar surface area (TPSA) is 38.9 Å². The van der Waals surface area contributed by atoms with Crippen molar-refractivity contribution in [1.29, 1.82) is 0 Å². The van der Waals surface area contributed by atoms with Gasteiger partial charge in [0.1, 0.15) is 0 Å². The van der Waals surface area contributed by atoms with Crippen molar-refractivity contribution in [3.05, 3.63) is 8.85 Å². The second-order valence-corrected chi connectivity index (χ2v) is 2.23. The maximum atomic E-state index is 5.35. The Morgan fingerprint density at radius 1 is 1.57 bits per heavy atom. The summed E-state index contributed by atoms with van der Waals surface area (Å²) in [6.07, 6.45) is 0. The van der Waals surface area contributed by atoms with Gasteiger partial charge in [0.15, 0.2) is 3.70 Å². The SMILES string of the molecule is Clc1nonc1I. The van der Waals surface area contributed by atoms with Gasteiger partial charge < -0.3 is 0 Å². The second kappa shape index (κ2) is 1.95. The maximum Gasteiger partial charge on any atom is 0.207 e. The van der Waals surface area contributed by atoms with Gasteiger partial charge in [0, 0.05) is 0 Å². The van der Waals surface area contributed by atoms with E-state index in [-0.39, 0.29) is 0 Å². The van der Waals surface area contributed by atoms with Crippen molar-refractivity contribution in [3.63, 3.8) is 0 Å². The van der Waals surface area contributed by atoms with Crippen molar-refractivity contribution in [2.75, 3.05) is 0 Å². The van der Waals surface area contributed by atoms with Crippen LogP contribution in [0.5, 0.6) is 0 Å². The van der Waals surface area contributed by atoms with E-state index in [1.54, 1.807) is 0 Å². The number of hydrogen-bond acceptors (Lipinski definition) is 3. The molecule has 0 saturated carbocycles. The molecule has 38 valence electrons. The summed E-state index contributed by atoms with van der Waals surface area (Å²) < 4.78 is 4.80. The summed E-state index contributed by atoms with van der Waals surface area (Å²) in [6, 6.07) is 0. The molecule has 5 heteroatoms. The normalized spacial score (nSPS) is 9.43. The summed E-state index contributed by atoms with van der Waals surface area (Å²) in [7, 11) is 0. The Morgan fingerprint density at radius 3 is 2.43 bits per heavy atom. The van der Waals surface area contributed by atoms with Crippen molar-refractivity contribution in [2.24, 2.45) is 0 Å². The highest BCUT2D eigenvalue weighted by Crippen LogP contribution is 2.10. The smallest absolute Gasteiger partial charge is 0.207 e. The van der Waals surface area contributed by atoms with Gasteiger partial charge in [-0.25, -0.2) is 4.63 Å². The predicted octanol–water partition coefficient (Wildman–Crippen LogP) is 1.33. The molecule has 1 heterocycles. The van der Waals surface area contributed by atoms with Gasteiger partial charge in [-0.3, -0.25) is 0 Å².